The van der Waals surface area contributed by atoms with Crippen LogP contribution in [-0.2, 0) is 9.59 Å². The summed E-state index contributed by atoms with van der Waals surface area (Å²) in [5, 5.41) is 11.5. The average molecular weight is 442 g/mol. The molecule has 3 heterocycles. The Labute approximate surface area is 188 Å². The van der Waals surface area contributed by atoms with E-state index in [1.807, 2.05) is 44.2 Å². The van der Waals surface area contributed by atoms with Gasteiger partial charge in [0.2, 0.25) is 0 Å². The summed E-state index contributed by atoms with van der Waals surface area (Å²) in [7, 11) is 0. The second-order valence-corrected chi connectivity index (χ2v) is 8.79. The molecular weight excluding hydrogens is 422 g/mol. The van der Waals surface area contributed by atoms with E-state index < -0.39 is 17.7 Å². The summed E-state index contributed by atoms with van der Waals surface area (Å²) in [5.74, 6) is -1.65. The van der Waals surface area contributed by atoms with Crippen molar-refractivity contribution in [1.82, 2.24) is 9.97 Å². The highest BCUT2D eigenvalue weighted by atomic mass is 32.1. The number of aliphatic hydroxyl groups excluding tert-OH is 1. The number of hydrogen-bond acceptors (Lipinski definition) is 6. The van der Waals surface area contributed by atoms with Crippen LogP contribution in [0.25, 0.3) is 16.0 Å². The van der Waals surface area contributed by atoms with E-state index >= 15 is 0 Å². The number of aromatic nitrogens is 2. The molecule has 2 aromatic heterocycles. The van der Waals surface area contributed by atoms with Crippen LogP contribution in [0.3, 0.4) is 0 Å². The molecule has 1 amide bonds. The molecule has 5 rings (SSSR count). The van der Waals surface area contributed by atoms with Crippen molar-refractivity contribution < 1.29 is 14.7 Å². The number of amides is 1. The number of thiazole rings is 1. The first-order chi connectivity index (χ1) is 15.4. The van der Waals surface area contributed by atoms with Gasteiger partial charge in [0, 0.05) is 18.0 Å². The quantitative estimate of drug-likeness (QED) is 0.277. The second-order valence-electron chi connectivity index (χ2n) is 7.78. The van der Waals surface area contributed by atoms with E-state index in [2.05, 4.69) is 9.97 Å². The number of carbonyl (C=O) groups excluding carboxylic acids is 2. The van der Waals surface area contributed by atoms with Crippen LogP contribution >= 0.6 is 11.3 Å². The van der Waals surface area contributed by atoms with Crippen molar-refractivity contribution in [3.8, 4) is 0 Å². The zero-order valence-corrected chi connectivity index (χ0v) is 18.3. The highest BCUT2D eigenvalue weighted by Crippen LogP contribution is 2.44. The van der Waals surface area contributed by atoms with Crippen LogP contribution < -0.4 is 4.90 Å². The van der Waals surface area contributed by atoms with Gasteiger partial charge in [-0.25, -0.2) is 4.98 Å². The Balaban J connectivity index is 1.72. The summed E-state index contributed by atoms with van der Waals surface area (Å²) in [6.45, 7) is 3.93. The van der Waals surface area contributed by atoms with Crippen molar-refractivity contribution in [1.29, 1.82) is 0 Å². The number of hydrogen-bond donors (Lipinski definition) is 1. The number of Topliss-reactive ketones (excluding diaryl/α,β-unsaturated/α-hetero) is 1. The molecule has 6 nitrogen and oxygen atoms in total. The minimum Gasteiger partial charge on any atom is -0.507 e. The lowest BCUT2D eigenvalue weighted by Gasteiger charge is -2.22. The van der Waals surface area contributed by atoms with E-state index in [1.54, 1.807) is 36.7 Å². The van der Waals surface area contributed by atoms with Crippen LogP contribution in [0.5, 0.6) is 0 Å². The molecular formula is C25H19N3O3S. The van der Waals surface area contributed by atoms with Gasteiger partial charge in [-0.1, -0.05) is 47.2 Å². The normalized spacial score (nSPS) is 17.9. The van der Waals surface area contributed by atoms with Crippen molar-refractivity contribution in [2.75, 3.05) is 4.90 Å². The predicted molar refractivity (Wildman–Crippen MR) is 125 cm³/mol. The van der Waals surface area contributed by atoms with E-state index in [0.29, 0.717) is 16.3 Å². The summed E-state index contributed by atoms with van der Waals surface area (Å²) in [4.78, 5) is 36.5. The van der Waals surface area contributed by atoms with Gasteiger partial charge in [-0.05, 0) is 49.2 Å². The number of rotatable bonds is 3. The Kier molecular flexibility index (Phi) is 4.83. The summed E-state index contributed by atoms with van der Waals surface area (Å²) in [5.41, 5.74) is 4.05. The fourth-order valence-electron chi connectivity index (χ4n) is 3.88. The number of aryl methyl sites for hydroxylation is 2. The van der Waals surface area contributed by atoms with Crippen LogP contribution in [-0.4, -0.2) is 26.8 Å². The van der Waals surface area contributed by atoms with Crippen molar-refractivity contribution >= 4 is 44.1 Å². The van der Waals surface area contributed by atoms with Gasteiger partial charge in [-0.3, -0.25) is 19.5 Å². The highest BCUT2D eigenvalue weighted by Gasteiger charge is 2.48. The smallest absolute Gasteiger partial charge is 0.301 e. The minimum atomic E-state index is -0.805. The van der Waals surface area contributed by atoms with Gasteiger partial charge < -0.3 is 5.11 Å². The Morgan fingerprint density at radius 2 is 1.66 bits per heavy atom. The molecule has 1 saturated heterocycles. The molecule has 158 valence electrons. The van der Waals surface area contributed by atoms with Crippen LogP contribution in [0.2, 0.25) is 0 Å². The minimum absolute atomic E-state index is 0.0421. The van der Waals surface area contributed by atoms with Gasteiger partial charge in [0.15, 0.2) is 5.13 Å². The molecule has 1 unspecified atom stereocenters. The molecule has 1 atom stereocenters. The third-order valence-corrected chi connectivity index (χ3v) is 6.55. The number of fused-ring (bicyclic) bond motifs is 1. The predicted octanol–water partition coefficient (Wildman–Crippen LogP) is 4.93. The molecule has 1 fully saturated rings. The maximum Gasteiger partial charge on any atom is 0.301 e. The van der Waals surface area contributed by atoms with Crippen molar-refractivity contribution in [2.24, 2.45) is 0 Å². The highest BCUT2D eigenvalue weighted by molar-refractivity contribution is 7.22. The summed E-state index contributed by atoms with van der Waals surface area (Å²) >= 11 is 1.35. The maximum absolute atomic E-state index is 13.2. The van der Waals surface area contributed by atoms with E-state index in [0.717, 1.165) is 21.3 Å². The Morgan fingerprint density at radius 1 is 0.969 bits per heavy atom. The summed E-state index contributed by atoms with van der Waals surface area (Å²) in [6.07, 6.45) is 3.20. The zero-order valence-electron chi connectivity index (χ0n) is 17.4. The molecule has 4 aromatic rings. The summed E-state index contributed by atoms with van der Waals surface area (Å²) < 4.78 is 0.925. The van der Waals surface area contributed by atoms with Gasteiger partial charge in [0.05, 0.1) is 21.8 Å². The molecule has 1 aliphatic heterocycles. The molecule has 0 bridgehead atoms. The maximum atomic E-state index is 13.2. The van der Waals surface area contributed by atoms with Crippen molar-refractivity contribution in [2.45, 2.75) is 19.9 Å². The van der Waals surface area contributed by atoms with Gasteiger partial charge in [-0.15, -0.1) is 0 Å². The van der Waals surface area contributed by atoms with Crippen LogP contribution in [0, 0.1) is 13.8 Å². The molecule has 0 spiro atoms. The fraction of sp³-hybridized carbons (Fsp3) is 0.120. The fourth-order valence-corrected chi connectivity index (χ4v) is 4.97. The molecule has 0 saturated carbocycles. The molecule has 0 aliphatic carbocycles. The third kappa shape index (κ3) is 3.27. The summed E-state index contributed by atoms with van der Waals surface area (Å²) in [6, 6.07) is 15.7. The molecule has 32 heavy (non-hydrogen) atoms. The van der Waals surface area contributed by atoms with Gasteiger partial charge in [-0.2, -0.15) is 0 Å². The van der Waals surface area contributed by atoms with E-state index in [4.69, 9.17) is 0 Å². The first-order valence-electron chi connectivity index (χ1n) is 10.1. The van der Waals surface area contributed by atoms with Gasteiger partial charge in [0.25, 0.3) is 5.78 Å². The van der Waals surface area contributed by atoms with Gasteiger partial charge >= 0.3 is 5.91 Å². The topological polar surface area (TPSA) is 83.4 Å². The number of nitrogens with zero attached hydrogens (tertiary/aromatic N) is 3. The molecule has 0 radical (unpaired) electrons. The van der Waals surface area contributed by atoms with Crippen LogP contribution in [0.15, 0.2) is 72.6 Å². The molecule has 1 aliphatic rings. The van der Waals surface area contributed by atoms with Crippen LogP contribution in [0.1, 0.15) is 28.3 Å². The SMILES string of the molecule is Cc1ccc(/C(O)=C2/C(=O)C(=O)N(c3nc4ccc(C)cc4s3)C2c2ccncc2)cc1. The van der Waals surface area contributed by atoms with Crippen molar-refractivity contribution in [3.05, 3.63) is 94.8 Å². The van der Waals surface area contributed by atoms with E-state index in [-0.39, 0.29) is 11.3 Å². The Bertz CT molecular complexity index is 1390. The average Bonchev–Trinajstić information content (AvgIpc) is 3.32. The van der Waals surface area contributed by atoms with E-state index in [1.165, 1.54) is 16.2 Å². The standard InChI is InChI=1S/C25H19N3O3S/c1-14-3-6-17(7-4-14)22(29)20-21(16-9-11-26-12-10-16)28(24(31)23(20)30)25-27-18-8-5-15(2)13-19(18)32-25/h3-13,21,29H,1-2H3/b22-20-. The zero-order chi connectivity index (χ0) is 22.4. The Morgan fingerprint density at radius 3 is 2.38 bits per heavy atom. The lowest BCUT2D eigenvalue weighted by atomic mass is 9.96. The first-order valence-corrected chi connectivity index (χ1v) is 10.9. The molecule has 7 heteroatoms. The van der Waals surface area contributed by atoms with Crippen LogP contribution in [0.4, 0.5) is 5.13 Å². The first kappa shape index (κ1) is 20.1. The lowest BCUT2D eigenvalue weighted by Crippen LogP contribution is -2.29. The largest absolute Gasteiger partial charge is 0.507 e. The number of aliphatic hydroxyl groups is 1. The van der Waals surface area contributed by atoms with Crippen molar-refractivity contribution in [3.63, 3.8) is 0 Å². The third-order valence-electron chi connectivity index (χ3n) is 5.53. The number of benzene rings is 2. The number of pyridine rings is 1. The Hall–Kier alpha value is -3.84. The lowest BCUT2D eigenvalue weighted by molar-refractivity contribution is -0.132. The molecule has 1 N–H and O–H groups in total. The van der Waals surface area contributed by atoms with Gasteiger partial charge in [0.1, 0.15) is 5.76 Å². The number of carbonyl (C=O) groups is 2. The van der Waals surface area contributed by atoms with E-state index in [9.17, 15) is 14.7 Å². The second kappa shape index (κ2) is 7.69. The number of ketones is 1. The monoisotopic (exact) mass is 441 g/mol. The molecule has 2 aromatic carbocycles. The number of anilines is 1.